The number of carbonyl (C=O) groups excluding carboxylic acids is 3. The molecule has 0 aromatic rings. The first kappa shape index (κ1) is 16.9. The first-order valence-electron chi connectivity index (χ1n) is 9.78. The second kappa shape index (κ2) is 6.61. The van der Waals surface area contributed by atoms with Crippen molar-refractivity contribution in [2.75, 3.05) is 13.2 Å². The maximum absolute atomic E-state index is 12.7. The maximum Gasteiger partial charge on any atom is 0.310 e. The van der Waals surface area contributed by atoms with Crippen LogP contribution in [0, 0.1) is 29.6 Å². The Morgan fingerprint density at radius 1 is 0.960 bits per heavy atom. The van der Waals surface area contributed by atoms with E-state index >= 15 is 0 Å². The minimum absolute atomic E-state index is 0.0195. The quantitative estimate of drug-likeness (QED) is 0.779. The Balaban J connectivity index is 1.34. The summed E-state index contributed by atoms with van der Waals surface area (Å²) in [6.07, 6.45) is 8.30. The number of carbonyl (C=O) groups is 3. The third-order valence-corrected chi connectivity index (χ3v) is 6.99. The van der Waals surface area contributed by atoms with Gasteiger partial charge in [-0.25, -0.2) is 0 Å². The van der Waals surface area contributed by atoms with Crippen molar-refractivity contribution in [3.63, 3.8) is 0 Å². The number of esters is 1. The number of hydrogen-bond acceptors (Lipinski definition) is 4. The fourth-order valence-corrected chi connectivity index (χ4v) is 6.15. The van der Waals surface area contributed by atoms with Gasteiger partial charge in [-0.05, 0) is 75.0 Å². The lowest BCUT2D eigenvalue weighted by Gasteiger charge is -2.53. The van der Waals surface area contributed by atoms with Crippen LogP contribution in [0.25, 0.3) is 0 Å². The van der Waals surface area contributed by atoms with E-state index in [1.165, 1.54) is 11.3 Å². The van der Waals surface area contributed by atoms with E-state index in [-0.39, 0.29) is 24.4 Å². The van der Waals surface area contributed by atoms with E-state index in [4.69, 9.17) is 10.5 Å². The van der Waals surface area contributed by atoms with Gasteiger partial charge in [0.05, 0.1) is 5.92 Å². The number of amides is 2. The average molecular weight is 348 g/mol. The molecule has 6 heteroatoms. The van der Waals surface area contributed by atoms with Crippen LogP contribution in [0.3, 0.4) is 0 Å². The molecule has 4 bridgehead atoms. The van der Waals surface area contributed by atoms with Crippen molar-refractivity contribution in [2.45, 2.75) is 57.4 Å². The minimum atomic E-state index is -0.555. The highest BCUT2D eigenvalue weighted by atomic mass is 16.5. The summed E-state index contributed by atoms with van der Waals surface area (Å²) < 4.78 is 5.43. The zero-order valence-electron chi connectivity index (χ0n) is 14.7. The molecule has 0 spiro atoms. The summed E-state index contributed by atoms with van der Waals surface area (Å²) in [5, 5.41) is 0. The summed E-state index contributed by atoms with van der Waals surface area (Å²) in [4.78, 5) is 38.1. The Bertz CT molecular complexity index is 548. The molecule has 2 amide bonds. The number of primary amides is 1. The van der Waals surface area contributed by atoms with Gasteiger partial charge >= 0.3 is 5.97 Å². The summed E-state index contributed by atoms with van der Waals surface area (Å²) >= 11 is 0. The Labute approximate surface area is 148 Å². The fraction of sp³-hybridized carbons (Fsp3) is 0.842. The highest BCUT2D eigenvalue weighted by Crippen LogP contribution is 2.56. The van der Waals surface area contributed by atoms with E-state index in [2.05, 4.69) is 0 Å². The van der Waals surface area contributed by atoms with Crippen LogP contribution in [0.2, 0.25) is 0 Å². The van der Waals surface area contributed by atoms with E-state index in [9.17, 15) is 14.4 Å². The molecule has 1 aliphatic heterocycles. The van der Waals surface area contributed by atoms with Crippen molar-refractivity contribution < 1.29 is 19.1 Å². The normalized spacial score (nSPS) is 39.3. The van der Waals surface area contributed by atoms with Crippen LogP contribution in [0.5, 0.6) is 0 Å². The van der Waals surface area contributed by atoms with Gasteiger partial charge in [-0.1, -0.05) is 0 Å². The summed E-state index contributed by atoms with van der Waals surface area (Å²) in [7, 11) is 0. The van der Waals surface area contributed by atoms with Crippen molar-refractivity contribution in [3.8, 4) is 0 Å². The lowest BCUT2D eigenvalue weighted by Crippen LogP contribution is -2.52. The smallest absolute Gasteiger partial charge is 0.310 e. The van der Waals surface area contributed by atoms with Crippen LogP contribution in [0.15, 0.2) is 0 Å². The molecule has 5 aliphatic rings. The maximum atomic E-state index is 12.7. The first-order chi connectivity index (χ1) is 12.0. The fourth-order valence-electron chi connectivity index (χ4n) is 6.15. The van der Waals surface area contributed by atoms with Gasteiger partial charge in [0.25, 0.3) is 5.91 Å². The molecule has 4 aliphatic carbocycles. The van der Waals surface area contributed by atoms with Crippen LogP contribution in [-0.4, -0.2) is 41.9 Å². The SMILES string of the molecule is NC(=O)[C@H]1CCCCN1C(=O)COC(=O)C1C2CC3CC(C2)CC1C3. The molecule has 5 rings (SSSR count). The highest BCUT2D eigenvalue weighted by Gasteiger charge is 2.51. The predicted octanol–water partition coefficient (Wildman–Crippen LogP) is 1.47. The number of ether oxygens (including phenoxy) is 1. The van der Waals surface area contributed by atoms with Crippen molar-refractivity contribution in [1.82, 2.24) is 4.90 Å². The van der Waals surface area contributed by atoms with Gasteiger partial charge in [0.1, 0.15) is 6.04 Å². The molecule has 5 fully saturated rings. The van der Waals surface area contributed by atoms with E-state index < -0.39 is 11.9 Å². The number of nitrogens with two attached hydrogens (primary N) is 1. The molecule has 2 N–H and O–H groups in total. The molecule has 138 valence electrons. The van der Waals surface area contributed by atoms with Crippen molar-refractivity contribution >= 4 is 17.8 Å². The largest absolute Gasteiger partial charge is 0.455 e. The molecule has 1 heterocycles. The molecular formula is C19H28N2O4. The molecule has 1 saturated heterocycles. The monoisotopic (exact) mass is 348 g/mol. The van der Waals surface area contributed by atoms with Gasteiger partial charge < -0.3 is 15.4 Å². The Hall–Kier alpha value is -1.59. The zero-order valence-corrected chi connectivity index (χ0v) is 14.7. The Morgan fingerprint density at radius 2 is 1.60 bits per heavy atom. The van der Waals surface area contributed by atoms with Gasteiger partial charge in [-0.15, -0.1) is 0 Å². The highest BCUT2D eigenvalue weighted by molar-refractivity contribution is 5.88. The Morgan fingerprint density at radius 3 is 2.20 bits per heavy atom. The van der Waals surface area contributed by atoms with E-state index in [1.54, 1.807) is 0 Å². The topological polar surface area (TPSA) is 89.7 Å². The molecule has 1 atom stereocenters. The van der Waals surface area contributed by atoms with Crippen LogP contribution in [-0.2, 0) is 19.1 Å². The first-order valence-corrected chi connectivity index (χ1v) is 9.78. The van der Waals surface area contributed by atoms with E-state index in [1.807, 2.05) is 0 Å². The summed E-state index contributed by atoms with van der Waals surface area (Å²) in [6.45, 7) is 0.257. The lowest BCUT2D eigenvalue weighted by atomic mass is 9.52. The van der Waals surface area contributed by atoms with E-state index in [0.717, 1.165) is 50.4 Å². The Kier molecular flexibility index (Phi) is 4.46. The third-order valence-electron chi connectivity index (χ3n) is 6.99. The molecule has 0 aromatic heterocycles. The third kappa shape index (κ3) is 3.15. The van der Waals surface area contributed by atoms with Gasteiger partial charge in [-0.2, -0.15) is 0 Å². The molecule has 6 nitrogen and oxygen atoms in total. The van der Waals surface area contributed by atoms with Gasteiger partial charge in [0.2, 0.25) is 5.91 Å². The number of piperidine rings is 1. The number of rotatable bonds is 4. The van der Waals surface area contributed by atoms with Crippen LogP contribution < -0.4 is 5.73 Å². The minimum Gasteiger partial charge on any atom is -0.455 e. The second-order valence-electron chi connectivity index (χ2n) is 8.57. The van der Waals surface area contributed by atoms with E-state index in [0.29, 0.717) is 24.8 Å². The van der Waals surface area contributed by atoms with Crippen LogP contribution >= 0.6 is 0 Å². The molecule has 0 radical (unpaired) electrons. The van der Waals surface area contributed by atoms with Gasteiger partial charge in [0.15, 0.2) is 6.61 Å². The van der Waals surface area contributed by atoms with Crippen molar-refractivity contribution in [2.24, 2.45) is 35.3 Å². The summed E-state index contributed by atoms with van der Waals surface area (Å²) in [5.41, 5.74) is 5.41. The number of hydrogen-bond donors (Lipinski definition) is 1. The summed E-state index contributed by atoms with van der Waals surface area (Å²) in [6, 6.07) is -0.555. The average Bonchev–Trinajstić information content (AvgIpc) is 2.58. The molecular weight excluding hydrogens is 320 g/mol. The van der Waals surface area contributed by atoms with Crippen molar-refractivity contribution in [3.05, 3.63) is 0 Å². The van der Waals surface area contributed by atoms with Crippen LogP contribution in [0.1, 0.15) is 51.4 Å². The van der Waals surface area contributed by atoms with Gasteiger partial charge in [0, 0.05) is 6.54 Å². The molecule has 4 saturated carbocycles. The molecule has 25 heavy (non-hydrogen) atoms. The summed E-state index contributed by atoms with van der Waals surface area (Å²) in [5.74, 6) is 1.53. The second-order valence-corrected chi connectivity index (χ2v) is 8.57. The number of likely N-dealkylation sites (tertiary alicyclic amines) is 1. The van der Waals surface area contributed by atoms with Gasteiger partial charge in [-0.3, -0.25) is 14.4 Å². The molecule has 0 aromatic carbocycles. The lowest BCUT2D eigenvalue weighted by molar-refractivity contribution is -0.167. The van der Waals surface area contributed by atoms with Crippen molar-refractivity contribution in [1.29, 1.82) is 0 Å². The predicted molar refractivity (Wildman–Crippen MR) is 90.0 cm³/mol. The standard InChI is InChI=1S/C19H28N2O4/c20-18(23)15-3-1-2-4-21(15)16(22)10-25-19(24)17-13-6-11-5-12(8-13)9-14(17)7-11/h11-15,17H,1-10H2,(H2,20,23)/t11?,12?,13?,14?,15-,17?/m1/s1. The molecule has 0 unspecified atom stereocenters. The number of nitrogens with zero attached hydrogens (tertiary/aromatic N) is 1. The van der Waals surface area contributed by atoms with Crippen LogP contribution in [0.4, 0.5) is 0 Å². The zero-order chi connectivity index (χ0) is 17.6.